The van der Waals surface area contributed by atoms with Crippen LogP contribution in [0.25, 0.3) is 5.65 Å². The maximum atomic E-state index is 4.12. The van der Waals surface area contributed by atoms with Crippen molar-refractivity contribution in [3.8, 4) is 0 Å². The number of nitrogens with zero attached hydrogens (tertiary/aromatic N) is 4. The molecule has 0 bridgehead atoms. The van der Waals surface area contributed by atoms with Crippen molar-refractivity contribution in [3.63, 3.8) is 0 Å². The number of fused-ring (bicyclic) bond motifs is 1. The summed E-state index contributed by atoms with van der Waals surface area (Å²) < 4.78 is 1.57. The lowest BCUT2D eigenvalue weighted by molar-refractivity contribution is 0.816. The van der Waals surface area contributed by atoms with E-state index in [9.17, 15) is 0 Å². The second-order valence-electron chi connectivity index (χ2n) is 1.87. The third kappa shape index (κ3) is 0.750. The predicted molar refractivity (Wildman–Crippen MR) is 38.0 cm³/mol. The lowest BCUT2D eigenvalue weighted by Gasteiger charge is -1.88. The number of tetrazole rings is 1. The minimum atomic E-state index is 0.734. The molecule has 0 unspecified atom stereocenters. The molecule has 2 aromatic heterocycles. The summed E-state index contributed by atoms with van der Waals surface area (Å²) in [6.07, 6.45) is 1.75. The fourth-order valence-corrected chi connectivity index (χ4v) is 0.914. The van der Waals surface area contributed by atoms with Gasteiger partial charge in [-0.2, -0.15) is 4.52 Å². The first-order chi connectivity index (χ1) is 4.86. The van der Waals surface area contributed by atoms with Gasteiger partial charge < -0.3 is 0 Å². The average Bonchev–Trinajstić information content (AvgIpc) is 2.33. The van der Waals surface area contributed by atoms with E-state index < -0.39 is 0 Å². The van der Waals surface area contributed by atoms with Gasteiger partial charge in [-0.3, -0.25) is 0 Å². The summed E-state index contributed by atoms with van der Waals surface area (Å²) >= 11 is 4.12. The standard InChI is InChI=1S/C5H4N4S/c10-4-1-2-5-6-7-8-9(5)3-4/h1-3,10H. The van der Waals surface area contributed by atoms with Crippen molar-refractivity contribution >= 4 is 18.3 Å². The number of thiol groups is 1. The summed E-state index contributed by atoms with van der Waals surface area (Å²) in [4.78, 5) is 0.847. The lowest BCUT2D eigenvalue weighted by atomic mass is 10.5. The van der Waals surface area contributed by atoms with Crippen LogP contribution in [0, 0.1) is 0 Å². The number of rotatable bonds is 0. The molecule has 2 aromatic rings. The molecule has 0 saturated carbocycles. The Morgan fingerprint density at radius 2 is 2.30 bits per heavy atom. The Balaban J connectivity index is 2.86. The van der Waals surface area contributed by atoms with E-state index in [1.807, 2.05) is 12.1 Å². The van der Waals surface area contributed by atoms with E-state index in [0.717, 1.165) is 10.5 Å². The van der Waals surface area contributed by atoms with Crippen LogP contribution in [0.3, 0.4) is 0 Å². The van der Waals surface area contributed by atoms with E-state index in [0.29, 0.717) is 0 Å². The summed E-state index contributed by atoms with van der Waals surface area (Å²) in [5, 5.41) is 10.9. The molecular formula is C5H4N4S. The molecule has 10 heavy (non-hydrogen) atoms. The molecule has 0 aromatic carbocycles. The highest BCUT2D eigenvalue weighted by molar-refractivity contribution is 7.80. The van der Waals surface area contributed by atoms with Gasteiger partial charge in [-0.15, -0.1) is 17.7 Å². The fraction of sp³-hybridized carbons (Fsp3) is 0. The molecule has 0 saturated heterocycles. The molecule has 2 heterocycles. The molecule has 0 spiro atoms. The van der Waals surface area contributed by atoms with Gasteiger partial charge in [0.1, 0.15) is 0 Å². The van der Waals surface area contributed by atoms with Gasteiger partial charge in [0.25, 0.3) is 0 Å². The van der Waals surface area contributed by atoms with Crippen molar-refractivity contribution in [2.75, 3.05) is 0 Å². The van der Waals surface area contributed by atoms with E-state index >= 15 is 0 Å². The summed E-state index contributed by atoms with van der Waals surface area (Å²) in [5.41, 5.74) is 0.734. The fourth-order valence-electron chi connectivity index (χ4n) is 0.730. The van der Waals surface area contributed by atoms with Gasteiger partial charge in [0.15, 0.2) is 5.65 Å². The molecule has 4 nitrogen and oxygen atoms in total. The number of hydrogen-bond acceptors (Lipinski definition) is 4. The summed E-state index contributed by atoms with van der Waals surface area (Å²) in [7, 11) is 0. The molecule has 0 radical (unpaired) electrons. The van der Waals surface area contributed by atoms with Crippen LogP contribution in [0.1, 0.15) is 0 Å². The van der Waals surface area contributed by atoms with E-state index in [1.165, 1.54) is 0 Å². The van der Waals surface area contributed by atoms with Crippen LogP contribution < -0.4 is 0 Å². The van der Waals surface area contributed by atoms with Gasteiger partial charge in [-0.05, 0) is 22.6 Å². The van der Waals surface area contributed by atoms with Gasteiger partial charge in [0.2, 0.25) is 0 Å². The first kappa shape index (κ1) is 5.67. The maximum absolute atomic E-state index is 4.12. The van der Waals surface area contributed by atoms with Gasteiger partial charge in [-0.1, -0.05) is 0 Å². The van der Waals surface area contributed by atoms with E-state index in [-0.39, 0.29) is 0 Å². The van der Waals surface area contributed by atoms with Crippen LogP contribution >= 0.6 is 12.6 Å². The SMILES string of the molecule is Sc1ccc2nnnn2c1. The zero-order valence-corrected chi connectivity index (χ0v) is 5.86. The quantitative estimate of drug-likeness (QED) is 0.556. The summed E-state index contributed by atoms with van der Waals surface area (Å²) in [5.74, 6) is 0. The van der Waals surface area contributed by atoms with Crippen molar-refractivity contribution in [3.05, 3.63) is 18.3 Å². The van der Waals surface area contributed by atoms with Crippen molar-refractivity contribution in [1.29, 1.82) is 0 Å². The highest BCUT2D eigenvalue weighted by Gasteiger charge is 1.93. The third-order valence-electron chi connectivity index (χ3n) is 1.18. The Hall–Kier alpha value is -1.10. The zero-order chi connectivity index (χ0) is 6.97. The molecule has 50 valence electrons. The molecule has 0 amide bonds. The highest BCUT2D eigenvalue weighted by Crippen LogP contribution is 2.04. The normalized spacial score (nSPS) is 10.5. The first-order valence-electron chi connectivity index (χ1n) is 2.73. The van der Waals surface area contributed by atoms with Gasteiger partial charge in [-0.25, -0.2) is 0 Å². The van der Waals surface area contributed by atoms with Crippen molar-refractivity contribution in [1.82, 2.24) is 20.0 Å². The molecule has 5 heteroatoms. The second kappa shape index (κ2) is 1.95. The molecule has 2 rings (SSSR count). The highest BCUT2D eigenvalue weighted by atomic mass is 32.1. The molecule has 0 aliphatic heterocycles. The topological polar surface area (TPSA) is 43.1 Å². The number of pyridine rings is 1. The van der Waals surface area contributed by atoms with Gasteiger partial charge in [0, 0.05) is 11.1 Å². The van der Waals surface area contributed by atoms with Crippen LogP contribution in [0.15, 0.2) is 23.2 Å². The summed E-state index contributed by atoms with van der Waals surface area (Å²) in [6, 6.07) is 3.65. The van der Waals surface area contributed by atoms with Crippen LogP contribution in [0.5, 0.6) is 0 Å². The third-order valence-corrected chi connectivity index (χ3v) is 1.44. The number of aromatic nitrogens is 4. The molecular weight excluding hydrogens is 148 g/mol. The zero-order valence-electron chi connectivity index (χ0n) is 4.97. The minimum absolute atomic E-state index is 0.734. The summed E-state index contributed by atoms with van der Waals surface area (Å²) in [6.45, 7) is 0. The van der Waals surface area contributed by atoms with Crippen LogP contribution in [-0.2, 0) is 0 Å². The molecule has 0 fully saturated rings. The largest absolute Gasteiger partial charge is 0.200 e. The van der Waals surface area contributed by atoms with E-state index in [4.69, 9.17) is 0 Å². The second-order valence-corrected chi connectivity index (χ2v) is 2.39. The molecule has 0 aliphatic carbocycles. The van der Waals surface area contributed by atoms with Crippen LogP contribution in [0.2, 0.25) is 0 Å². The van der Waals surface area contributed by atoms with Gasteiger partial charge in [0.05, 0.1) is 0 Å². The predicted octanol–water partition coefficient (Wildman–Crippen LogP) is 0.413. The first-order valence-corrected chi connectivity index (χ1v) is 3.18. The van der Waals surface area contributed by atoms with Crippen molar-refractivity contribution in [2.45, 2.75) is 4.90 Å². The van der Waals surface area contributed by atoms with Gasteiger partial charge >= 0.3 is 0 Å². The Morgan fingerprint density at radius 1 is 1.40 bits per heavy atom. The monoisotopic (exact) mass is 152 g/mol. The van der Waals surface area contributed by atoms with Crippen molar-refractivity contribution < 1.29 is 0 Å². The number of hydrogen-bond donors (Lipinski definition) is 1. The smallest absolute Gasteiger partial charge is 0.179 e. The molecule has 0 atom stereocenters. The molecule has 0 aliphatic rings. The molecule has 0 N–H and O–H groups in total. The van der Waals surface area contributed by atoms with Crippen LogP contribution in [-0.4, -0.2) is 20.0 Å². The Morgan fingerprint density at radius 3 is 3.20 bits per heavy atom. The average molecular weight is 152 g/mol. The Kier molecular flexibility index (Phi) is 1.10. The Bertz CT molecular complexity index is 355. The van der Waals surface area contributed by atoms with E-state index in [2.05, 4.69) is 28.2 Å². The Labute approximate surface area is 62.3 Å². The lowest BCUT2D eigenvalue weighted by Crippen LogP contribution is -1.85. The van der Waals surface area contributed by atoms with Crippen LogP contribution in [0.4, 0.5) is 0 Å². The minimum Gasteiger partial charge on any atom is -0.200 e. The van der Waals surface area contributed by atoms with E-state index in [1.54, 1.807) is 10.7 Å². The van der Waals surface area contributed by atoms with Crippen molar-refractivity contribution in [2.24, 2.45) is 0 Å². The maximum Gasteiger partial charge on any atom is 0.179 e.